The maximum atomic E-state index is 11.6. The van der Waals surface area contributed by atoms with Crippen molar-refractivity contribution < 1.29 is 19.4 Å². The van der Waals surface area contributed by atoms with E-state index in [2.05, 4.69) is 20.8 Å². The molecule has 1 aromatic carbocycles. The number of nitrogens with one attached hydrogen (secondary N) is 1. The van der Waals surface area contributed by atoms with Gasteiger partial charge in [-0.15, -0.1) is 5.10 Å². The van der Waals surface area contributed by atoms with Crippen LogP contribution in [0.3, 0.4) is 0 Å². The van der Waals surface area contributed by atoms with Crippen LogP contribution in [0.1, 0.15) is 5.56 Å². The van der Waals surface area contributed by atoms with Crippen molar-refractivity contribution in [3.63, 3.8) is 0 Å². The number of carboxylic acids is 1. The lowest BCUT2D eigenvalue weighted by Crippen LogP contribution is -2.20. The van der Waals surface area contributed by atoms with Gasteiger partial charge in [0.05, 0.1) is 5.69 Å². The Kier molecular flexibility index (Phi) is 4.57. The smallest absolute Gasteiger partial charge is 0.329 e. The van der Waals surface area contributed by atoms with E-state index in [4.69, 9.17) is 9.84 Å². The molecule has 0 aliphatic heterocycles. The molecule has 21 heavy (non-hydrogen) atoms. The summed E-state index contributed by atoms with van der Waals surface area (Å²) in [6, 6.07) is 5.21. The lowest BCUT2D eigenvalue weighted by Gasteiger charge is -2.09. The van der Waals surface area contributed by atoms with Gasteiger partial charge in [0.1, 0.15) is 19.5 Å². The summed E-state index contributed by atoms with van der Waals surface area (Å²) in [7, 11) is 0. The monoisotopic (exact) mass is 291 g/mol. The van der Waals surface area contributed by atoms with Gasteiger partial charge in [-0.25, -0.2) is 9.48 Å². The molecule has 9 heteroatoms. The third-order valence-corrected chi connectivity index (χ3v) is 2.54. The predicted octanol–water partition coefficient (Wildman–Crippen LogP) is 0.0104. The van der Waals surface area contributed by atoms with Gasteiger partial charge < -0.3 is 15.2 Å². The molecule has 9 nitrogen and oxygen atoms in total. The molecule has 0 aliphatic rings. The molecule has 110 valence electrons. The first-order chi connectivity index (χ1) is 10.1. The molecule has 0 unspecified atom stereocenters. The second-order valence-electron chi connectivity index (χ2n) is 4.19. The molecule has 0 bridgehead atoms. The number of hydrogen-bond donors (Lipinski definition) is 2. The molecular formula is C12H13N5O4. The summed E-state index contributed by atoms with van der Waals surface area (Å²) < 4.78 is 6.21. The van der Waals surface area contributed by atoms with Crippen LogP contribution in [0.5, 0.6) is 0 Å². The zero-order valence-electron chi connectivity index (χ0n) is 11.2. The number of tetrazole rings is 1. The zero-order chi connectivity index (χ0) is 15.2. The predicted molar refractivity (Wildman–Crippen MR) is 71.0 cm³/mol. The van der Waals surface area contributed by atoms with Crippen LogP contribution >= 0.6 is 0 Å². The van der Waals surface area contributed by atoms with Crippen LogP contribution in [0.4, 0.5) is 5.69 Å². The van der Waals surface area contributed by atoms with Crippen molar-refractivity contribution in [1.29, 1.82) is 0 Å². The molecule has 2 N–H and O–H groups in total. The van der Waals surface area contributed by atoms with Crippen molar-refractivity contribution in [2.45, 2.75) is 6.92 Å². The Balaban J connectivity index is 1.97. The van der Waals surface area contributed by atoms with Crippen LogP contribution in [0.2, 0.25) is 0 Å². The quantitative estimate of drug-likeness (QED) is 0.769. The fraction of sp³-hybridized carbons (Fsp3) is 0.250. The van der Waals surface area contributed by atoms with Crippen LogP contribution < -0.4 is 5.32 Å². The Morgan fingerprint density at radius 1 is 1.38 bits per heavy atom. The first-order valence-corrected chi connectivity index (χ1v) is 5.99. The van der Waals surface area contributed by atoms with E-state index >= 15 is 0 Å². The van der Waals surface area contributed by atoms with Crippen LogP contribution in [0.15, 0.2) is 24.5 Å². The van der Waals surface area contributed by atoms with Gasteiger partial charge in [-0.1, -0.05) is 0 Å². The Morgan fingerprint density at radius 3 is 2.81 bits per heavy atom. The van der Waals surface area contributed by atoms with E-state index in [1.54, 1.807) is 18.2 Å². The zero-order valence-corrected chi connectivity index (χ0v) is 11.2. The normalized spacial score (nSPS) is 10.3. The summed E-state index contributed by atoms with van der Waals surface area (Å²) in [6.45, 7) is 1.03. The third-order valence-electron chi connectivity index (χ3n) is 2.54. The van der Waals surface area contributed by atoms with Crippen LogP contribution in [0.25, 0.3) is 5.69 Å². The van der Waals surface area contributed by atoms with Crippen molar-refractivity contribution in [1.82, 2.24) is 20.2 Å². The maximum absolute atomic E-state index is 11.6. The number of anilines is 1. The second-order valence-corrected chi connectivity index (χ2v) is 4.19. The van der Waals surface area contributed by atoms with E-state index < -0.39 is 18.5 Å². The molecular weight excluding hydrogens is 278 g/mol. The third kappa shape index (κ3) is 4.08. The van der Waals surface area contributed by atoms with E-state index in [1.165, 1.54) is 11.0 Å². The van der Waals surface area contributed by atoms with Gasteiger partial charge in [0.25, 0.3) is 0 Å². The summed E-state index contributed by atoms with van der Waals surface area (Å²) in [5, 5.41) is 21.9. The molecule has 0 aliphatic carbocycles. The summed E-state index contributed by atoms with van der Waals surface area (Å²) >= 11 is 0. The molecule has 0 saturated carbocycles. The van der Waals surface area contributed by atoms with E-state index in [-0.39, 0.29) is 6.61 Å². The van der Waals surface area contributed by atoms with Gasteiger partial charge in [-0.05, 0) is 41.1 Å². The Morgan fingerprint density at radius 2 is 2.19 bits per heavy atom. The molecule has 2 aromatic rings. The van der Waals surface area contributed by atoms with Crippen molar-refractivity contribution in [2.75, 3.05) is 18.5 Å². The number of hydrogen-bond acceptors (Lipinski definition) is 6. The maximum Gasteiger partial charge on any atom is 0.329 e. The minimum Gasteiger partial charge on any atom is -0.480 e. The van der Waals surface area contributed by atoms with E-state index in [1.807, 2.05) is 6.92 Å². The van der Waals surface area contributed by atoms with E-state index in [0.29, 0.717) is 5.69 Å². The number of ether oxygens (including phenoxy) is 1. The molecule has 0 atom stereocenters. The number of carboxylic acid groups (broad SMARTS) is 1. The van der Waals surface area contributed by atoms with Gasteiger partial charge in [0.15, 0.2) is 0 Å². The summed E-state index contributed by atoms with van der Waals surface area (Å²) in [5.41, 5.74) is 2.24. The van der Waals surface area contributed by atoms with Crippen LogP contribution in [-0.4, -0.2) is 50.4 Å². The minimum absolute atomic E-state index is 0.319. The molecule has 0 saturated heterocycles. The van der Waals surface area contributed by atoms with E-state index in [9.17, 15) is 9.59 Å². The minimum atomic E-state index is -1.12. The lowest BCUT2D eigenvalue weighted by atomic mass is 10.2. The molecule has 1 amide bonds. The van der Waals surface area contributed by atoms with E-state index in [0.717, 1.165) is 11.3 Å². The number of aromatic nitrogens is 4. The Labute approximate surface area is 119 Å². The van der Waals surface area contributed by atoms with Crippen LogP contribution in [-0.2, 0) is 14.3 Å². The second kappa shape index (κ2) is 6.57. The number of aliphatic carboxylic acids is 1. The Hall–Kier alpha value is -2.81. The van der Waals surface area contributed by atoms with Gasteiger partial charge in [-0.2, -0.15) is 0 Å². The van der Waals surface area contributed by atoms with Crippen molar-refractivity contribution in [3.05, 3.63) is 30.1 Å². The number of rotatable bonds is 6. The summed E-state index contributed by atoms with van der Waals surface area (Å²) in [4.78, 5) is 21.8. The average molecular weight is 291 g/mol. The van der Waals surface area contributed by atoms with Gasteiger partial charge in [0.2, 0.25) is 5.91 Å². The highest BCUT2D eigenvalue weighted by Crippen LogP contribution is 2.17. The standard InChI is InChI=1S/C12H13N5O4/c1-8-4-9(14-11(18)5-21-6-12(19)20)2-3-10(8)17-7-13-15-16-17/h2-4,7H,5-6H2,1H3,(H,14,18)(H,19,20). The highest BCUT2D eigenvalue weighted by atomic mass is 16.5. The van der Waals surface area contributed by atoms with Crippen LogP contribution in [0, 0.1) is 6.92 Å². The molecule has 2 rings (SSSR count). The SMILES string of the molecule is Cc1cc(NC(=O)COCC(=O)O)ccc1-n1cnnn1. The van der Waals surface area contributed by atoms with Crippen molar-refractivity contribution in [3.8, 4) is 5.69 Å². The van der Waals surface area contributed by atoms with Crippen molar-refractivity contribution in [2.24, 2.45) is 0 Å². The molecule has 1 aromatic heterocycles. The largest absolute Gasteiger partial charge is 0.480 e. The first-order valence-electron chi connectivity index (χ1n) is 5.99. The first kappa shape index (κ1) is 14.6. The fourth-order valence-electron chi connectivity index (χ4n) is 1.69. The summed E-state index contributed by atoms with van der Waals surface area (Å²) in [5.74, 6) is -1.55. The number of carbonyl (C=O) groups is 2. The number of aryl methyl sites for hydroxylation is 1. The lowest BCUT2D eigenvalue weighted by molar-refractivity contribution is -0.143. The number of amides is 1. The molecule has 0 fully saturated rings. The highest BCUT2D eigenvalue weighted by Gasteiger charge is 2.07. The van der Waals surface area contributed by atoms with Gasteiger partial charge in [0, 0.05) is 5.69 Å². The fourth-order valence-corrected chi connectivity index (χ4v) is 1.69. The Bertz CT molecular complexity index is 641. The molecule has 0 spiro atoms. The summed E-state index contributed by atoms with van der Waals surface area (Å²) in [6.07, 6.45) is 1.47. The molecule has 1 heterocycles. The number of carbonyl (C=O) groups excluding carboxylic acids is 1. The highest BCUT2D eigenvalue weighted by molar-refractivity contribution is 5.92. The number of nitrogens with zero attached hydrogens (tertiary/aromatic N) is 4. The van der Waals surface area contributed by atoms with Gasteiger partial charge >= 0.3 is 5.97 Å². The number of benzene rings is 1. The van der Waals surface area contributed by atoms with Crippen molar-refractivity contribution >= 4 is 17.6 Å². The molecule has 0 radical (unpaired) electrons. The average Bonchev–Trinajstić information content (AvgIpc) is 2.92. The topological polar surface area (TPSA) is 119 Å². The van der Waals surface area contributed by atoms with Gasteiger partial charge in [-0.3, -0.25) is 4.79 Å².